The average molecular weight is 667 g/mol. The van der Waals surface area contributed by atoms with E-state index in [9.17, 15) is 0 Å². The highest BCUT2D eigenvalue weighted by atomic mass is 32.3. The van der Waals surface area contributed by atoms with Crippen LogP contribution in [0.15, 0.2) is 106 Å². The molecule has 4 heterocycles. The van der Waals surface area contributed by atoms with Gasteiger partial charge in [-0.05, 0) is 70.3 Å². The van der Waals surface area contributed by atoms with E-state index in [2.05, 4.69) is 82.0 Å². The van der Waals surface area contributed by atoms with Crippen LogP contribution >= 0.6 is 94.1 Å². The van der Waals surface area contributed by atoms with Gasteiger partial charge >= 0.3 is 0 Å². The van der Waals surface area contributed by atoms with Crippen molar-refractivity contribution >= 4 is 105 Å². The van der Waals surface area contributed by atoms with Gasteiger partial charge < -0.3 is 0 Å². The summed E-state index contributed by atoms with van der Waals surface area (Å²) < 4.78 is 8.74. The third kappa shape index (κ3) is 4.63. The lowest BCUT2D eigenvalue weighted by molar-refractivity contribution is 0.282. The summed E-state index contributed by atoms with van der Waals surface area (Å²) in [6.07, 6.45) is 3.42. The predicted octanol–water partition coefficient (Wildman–Crippen LogP) is 13.3. The van der Waals surface area contributed by atoms with Crippen LogP contribution in [-0.4, -0.2) is 0 Å². The molecule has 202 valence electrons. The Morgan fingerprint density at radius 3 is 1.52 bits per heavy atom. The van der Waals surface area contributed by atoms with Crippen LogP contribution in [0.25, 0.3) is 10.8 Å². The van der Waals surface area contributed by atoms with Crippen LogP contribution < -0.4 is 0 Å². The number of thioether (sulfide) groups is 8. The molecule has 0 saturated carbocycles. The Morgan fingerprint density at radius 1 is 0.650 bits per heavy atom. The lowest BCUT2D eigenvalue weighted by Crippen LogP contribution is -2.25. The third-order valence-corrected chi connectivity index (χ3v) is 19.9. The van der Waals surface area contributed by atoms with Gasteiger partial charge in [0.05, 0.1) is 25.4 Å². The van der Waals surface area contributed by atoms with E-state index in [0.29, 0.717) is 23.7 Å². The Bertz CT molecular complexity index is 1650. The second-order valence-electron chi connectivity index (χ2n) is 10.9. The van der Waals surface area contributed by atoms with E-state index < -0.39 is 0 Å². The fourth-order valence-corrected chi connectivity index (χ4v) is 18.2. The maximum absolute atomic E-state index is 4.23. The summed E-state index contributed by atoms with van der Waals surface area (Å²) in [5.74, 6) is 2.47. The van der Waals surface area contributed by atoms with Gasteiger partial charge in [-0.3, -0.25) is 0 Å². The quantitative estimate of drug-likeness (QED) is 0.245. The van der Waals surface area contributed by atoms with E-state index in [1.807, 2.05) is 94.1 Å². The van der Waals surface area contributed by atoms with Gasteiger partial charge in [-0.2, -0.15) is 0 Å². The summed E-state index contributed by atoms with van der Waals surface area (Å²) in [7, 11) is 0. The molecule has 0 bridgehead atoms. The van der Waals surface area contributed by atoms with Gasteiger partial charge in [-0.1, -0.05) is 145 Å². The summed E-state index contributed by atoms with van der Waals surface area (Å²) in [6, 6.07) is 18.5. The summed E-state index contributed by atoms with van der Waals surface area (Å²) in [5.41, 5.74) is 3.07. The molecule has 0 amide bonds. The number of allylic oxidation sites excluding steroid dienone is 1. The zero-order valence-electron chi connectivity index (χ0n) is 22.2. The number of benzene rings is 3. The zero-order valence-corrected chi connectivity index (χ0v) is 28.7. The number of hydrogen-bond acceptors (Lipinski definition) is 8. The Labute approximate surface area is 270 Å². The van der Waals surface area contributed by atoms with Crippen molar-refractivity contribution in [1.29, 1.82) is 0 Å². The molecular weight excluding hydrogens is 641 g/mol. The van der Waals surface area contributed by atoms with Gasteiger partial charge in [0, 0.05) is 25.5 Å². The van der Waals surface area contributed by atoms with Gasteiger partial charge in [0.15, 0.2) is 0 Å². The fourth-order valence-electron chi connectivity index (χ4n) is 6.11. The maximum atomic E-state index is 4.23. The first-order valence-corrected chi connectivity index (χ1v) is 20.0. The van der Waals surface area contributed by atoms with Crippen LogP contribution in [0.2, 0.25) is 0 Å². The van der Waals surface area contributed by atoms with E-state index in [1.165, 1.54) is 67.8 Å². The second kappa shape index (κ2) is 10.7. The number of fused-ring (bicyclic) bond motifs is 4. The zero-order chi connectivity index (χ0) is 27.1. The first-order valence-electron chi connectivity index (χ1n) is 13.4. The SMILES string of the molecule is C=CC1CC(C(C)C)C(C)c2cc3c(cc21)SC1=C(SC(=C2SC4=C(S2)Sc2cc5ccccc5cc2S4)S1)S3. The Hall–Kier alpha value is -0.320. The predicted molar refractivity (Wildman–Crippen MR) is 190 cm³/mol. The monoisotopic (exact) mass is 666 g/mol. The van der Waals surface area contributed by atoms with E-state index >= 15 is 0 Å². The molecule has 3 aromatic rings. The molecule has 3 unspecified atom stereocenters. The molecule has 4 aliphatic heterocycles. The van der Waals surface area contributed by atoms with Gasteiger partial charge in [0.2, 0.25) is 0 Å². The molecule has 0 nitrogen and oxygen atoms in total. The molecule has 40 heavy (non-hydrogen) atoms. The molecule has 0 fully saturated rings. The van der Waals surface area contributed by atoms with E-state index in [0.717, 1.165) is 0 Å². The lowest BCUT2D eigenvalue weighted by atomic mass is 9.67. The summed E-state index contributed by atoms with van der Waals surface area (Å²) >= 11 is 15.9. The highest BCUT2D eigenvalue weighted by Crippen LogP contribution is 2.71. The minimum Gasteiger partial charge on any atom is -0.102 e. The molecule has 1 aliphatic carbocycles. The second-order valence-corrected chi connectivity index (χ2v) is 20.7. The first-order chi connectivity index (χ1) is 19.4. The van der Waals surface area contributed by atoms with Crippen LogP contribution in [0.1, 0.15) is 50.2 Å². The minimum absolute atomic E-state index is 0.466. The normalized spacial score (nSPS) is 25.2. The third-order valence-electron chi connectivity index (χ3n) is 8.21. The Balaban J connectivity index is 1.03. The highest BCUT2D eigenvalue weighted by Gasteiger charge is 2.38. The highest BCUT2D eigenvalue weighted by molar-refractivity contribution is 8.45. The molecule has 0 aromatic heterocycles. The van der Waals surface area contributed by atoms with Gasteiger partial charge in [0.25, 0.3) is 0 Å². The Kier molecular flexibility index (Phi) is 7.28. The molecule has 3 aromatic carbocycles. The fraction of sp³-hybridized carbons (Fsp3) is 0.250. The summed E-state index contributed by atoms with van der Waals surface area (Å²) in [6.45, 7) is 11.5. The van der Waals surface area contributed by atoms with Crippen molar-refractivity contribution < 1.29 is 0 Å². The smallest absolute Gasteiger partial charge is 0.0718 e. The minimum atomic E-state index is 0.466. The van der Waals surface area contributed by atoms with Crippen molar-refractivity contribution in [3.05, 3.63) is 97.7 Å². The Morgan fingerprint density at radius 2 is 1.07 bits per heavy atom. The van der Waals surface area contributed by atoms with E-state index in [-0.39, 0.29) is 0 Å². The molecule has 0 N–H and O–H groups in total. The molecule has 0 spiro atoms. The van der Waals surface area contributed by atoms with Gasteiger partial charge in [-0.25, -0.2) is 0 Å². The molecule has 8 heteroatoms. The number of hydrogen-bond donors (Lipinski definition) is 0. The molecule has 3 atom stereocenters. The molecule has 0 saturated heterocycles. The molecular formula is C32H26S8. The first kappa shape index (κ1) is 27.2. The van der Waals surface area contributed by atoms with Crippen molar-refractivity contribution in [2.45, 2.75) is 58.6 Å². The van der Waals surface area contributed by atoms with Gasteiger partial charge in [-0.15, -0.1) is 6.58 Å². The van der Waals surface area contributed by atoms with Crippen LogP contribution in [0, 0.1) is 11.8 Å². The molecule has 0 radical (unpaired) electrons. The van der Waals surface area contributed by atoms with E-state index in [4.69, 9.17) is 0 Å². The van der Waals surface area contributed by atoms with E-state index in [1.54, 1.807) is 5.56 Å². The average Bonchev–Trinajstić information content (AvgIpc) is 3.56. The molecule has 8 rings (SSSR count). The summed E-state index contributed by atoms with van der Waals surface area (Å²) in [4.78, 5) is 5.66. The number of rotatable bonds is 2. The largest absolute Gasteiger partial charge is 0.102 e. The van der Waals surface area contributed by atoms with Gasteiger partial charge in [0.1, 0.15) is 0 Å². The van der Waals surface area contributed by atoms with Crippen molar-refractivity contribution in [2.24, 2.45) is 11.8 Å². The maximum Gasteiger partial charge on any atom is 0.0718 e. The lowest BCUT2D eigenvalue weighted by Gasteiger charge is -2.38. The van der Waals surface area contributed by atoms with Crippen LogP contribution in [0.5, 0.6) is 0 Å². The van der Waals surface area contributed by atoms with Crippen LogP contribution in [-0.2, 0) is 0 Å². The van der Waals surface area contributed by atoms with Crippen molar-refractivity contribution in [3.63, 3.8) is 0 Å². The van der Waals surface area contributed by atoms with Crippen molar-refractivity contribution in [3.8, 4) is 0 Å². The van der Waals surface area contributed by atoms with Crippen LogP contribution in [0.3, 0.4) is 0 Å². The molecule has 5 aliphatic rings. The van der Waals surface area contributed by atoms with Crippen molar-refractivity contribution in [2.75, 3.05) is 0 Å². The van der Waals surface area contributed by atoms with Crippen molar-refractivity contribution in [1.82, 2.24) is 0 Å². The summed E-state index contributed by atoms with van der Waals surface area (Å²) in [5, 5.41) is 2.66. The van der Waals surface area contributed by atoms with Crippen LogP contribution in [0.4, 0.5) is 0 Å². The standard InChI is InChI=1S/C32H26S8/c1-5-17-10-20(15(2)3)16(4)21-13-25-26(14-22(17)21)36-30-29(35-25)39-32(40-30)31-37-27-28(38-31)34-24-12-19-9-7-6-8-18(19)11-23(24)33-27/h5-9,11-17,20H,1,10H2,2-4H3. The topological polar surface area (TPSA) is 0 Å².